The Hall–Kier alpha value is -1.42. The second-order valence-electron chi connectivity index (χ2n) is 4.92. The van der Waals surface area contributed by atoms with Crippen molar-refractivity contribution in [3.05, 3.63) is 30.1 Å². The standard InChI is InChI=1S/C13H19FN2O/c1-13(2,15)9-8-12(17)16(3)11-6-4-10(14)5-7-11/h4-7H,8-9,15H2,1-3H3. The van der Waals surface area contributed by atoms with Gasteiger partial charge in [0.25, 0.3) is 0 Å². The minimum Gasteiger partial charge on any atom is -0.326 e. The molecule has 0 heterocycles. The van der Waals surface area contributed by atoms with Gasteiger partial charge in [0.15, 0.2) is 0 Å². The van der Waals surface area contributed by atoms with E-state index in [0.29, 0.717) is 18.5 Å². The highest BCUT2D eigenvalue weighted by Gasteiger charge is 2.16. The van der Waals surface area contributed by atoms with Crippen LogP contribution in [0.4, 0.5) is 10.1 Å². The van der Waals surface area contributed by atoms with E-state index in [1.165, 1.54) is 17.0 Å². The number of anilines is 1. The van der Waals surface area contributed by atoms with Gasteiger partial charge in [0.05, 0.1) is 0 Å². The van der Waals surface area contributed by atoms with E-state index in [4.69, 9.17) is 5.73 Å². The third-order valence-electron chi connectivity index (χ3n) is 2.57. The average molecular weight is 238 g/mol. The minimum absolute atomic E-state index is 0.0184. The first-order chi connectivity index (χ1) is 7.79. The zero-order chi connectivity index (χ0) is 13.1. The average Bonchev–Trinajstić information content (AvgIpc) is 2.25. The number of benzene rings is 1. The van der Waals surface area contributed by atoms with Crippen LogP contribution < -0.4 is 10.6 Å². The van der Waals surface area contributed by atoms with Crippen LogP contribution in [-0.4, -0.2) is 18.5 Å². The molecule has 1 aromatic carbocycles. The molecule has 1 rings (SSSR count). The molecule has 0 radical (unpaired) electrons. The van der Waals surface area contributed by atoms with Gasteiger partial charge in [-0.3, -0.25) is 4.79 Å². The highest BCUT2D eigenvalue weighted by molar-refractivity contribution is 5.92. The van der Waals surface area contributed by atoms with Gasteiger partial charge in [-0.15, -0.1) is 0 Å². The van der Waals surface area contributed by atoms with E-state index in [1.54, 1.807) is 19.2 Å². The third kappa shape index (κ3) is 4.53. The summed E-state index contributed by atoms with van der Waals surface area (Å²) in [5, 5.41) is 0. The summed E-state index contributed by atoms with van der Waals surface area (Å²) in [7, 11) is 1.68. The van der Waals surface area contributed by atoms with Crippen LogP contribution in [0.5, 0.6) is 0 Å². The van der Waals surface area contributed by atoms with Crippen LogP contribution in [0.25, 0.3) is 0 Å². The van der Waals surface area contributed by atoms with Crippen molar-refractivity contribution in [1.29, 1.82) is 0 Å². The summed E-state index contributed by atoms with van der Waals surface area (Å²) in [5.74, 6) is -0.326. The lowest BCUT2D eigenvalue weighted by atomic mass is 10.00. The van der Waals surface area contributed by atoms with Gasteiger partial charge in [0, 0.05) is 24.7 Å². The molecule has 17 heavy (non-hydrogen) atoms. The smallest absolute Gasteiger partial charge is 0.226 e. The van der Waals surface area contributed by atoms with Crippen LogP contribution in [0.2, 0.25) is 0 Å². The van der Waals surface area contributed by atoms with Gasteiger partial charge in [0.1, 0.15) is 5.82 Å². The Morgan fingerprint density at radius 1 is 1.35 bits per heavy atom. The topological polar surface area (TPSA) is 46.3 Å². The molecule has 0 bridgehead atoms. The van der Waals surface area contributed by atoms with Gasteiger partial charge < -0.3 is 10.6 Å². The molecule has 94 valence electrons. The number of amides is 1. The molecule has 0 spiro atoms. The Morgan fingerprint density at radius 3 is 2.35 bits per heavy atom. The molecule has 1 amide bonds. The number of hydrogen-bond donors (Lipinski definition) is 1. The summed E-state index contributed by atoms with van der Waals surface area (Å²) in [6, 6.07) is 5.85. The second-order valence-corrected chi connectivity index (χ2v) is 4.92. The Labute approximate surface area is 101 Å². The molecule has 0 aliphatic carbocycles. The summed E-state index contributed by atoms with van der Waals surface area (Å²) in [5.41, 5.74) is 6.16. The van der Waals surface area contributed by atoms with E-state index in [-0.39, 0.29) is 17.3 Å². The van der Waals surface area contributed by atoms with E-state index >= 15 is 0 Å². The molecule has 0 aliphatic rings. The van der Waals surface area contributed by atoms with Gasteiger partial charge in [-0.2, -0.15) is 0 Å². The van der Waals surface area contributed by atoms with Crippen molar-refractivity contribution in [2.75, 3.05) is 11.9 Å². The zero-order valence-electron chi connectivity index (χ0n) is 10.5. The Kier molecular flexibility index (Phi) is 4.23. The Balaban J connectivity index is 2.61. The molecular formula is C13H19FN2O. The zero-order valence-corrected chi connectivity index (χ0v) is 10.5. The van der Waals surface area contributed by atoms with Crippen LogP contribution in [0.15, 0.2) is 24.3 Å². The molecule has 3 nitrogen and oxygen atoms in total. The molecule has 0 aliphatic heterocycles. The maximum absolute atomic E-state index is 12.7. The maximum Gasteiger partial charge on any atom is 0.226 e. The van der Waals surface area contributed by atoms with Crippen molar-refractivity contribution in [3.63, 3.8) is 0 Å². The van der Waals surface area contributed by atoms with Gasteiger partial charge in [-0.25, -0.2) is 4.39 Å². The van der Waals surface area contributed by atoms with Crippen molar-refractivity contribution < 1.29 is 9.18 Å². The molecule has 0 atom stereocenters. The lowest BCUT2D eigenvalue weighted by Crippen LogP contribution is -2.35. The van der Waals surface area contributed by atoms with Crippen molar-refractivity contribution in [2.24, 2.45) is 5.73 Å². The molecule has 2 N–H and O–H groups in total. The maximum atomic E-state index is 12.7. The second kappa shape index (κ2) is 5.27. The van der Waals surface area contributed by atoms with Crippen molar-refractivity contribution in [2.45, 2.75) is 32.2 Å². The first-order valence-electron chi connectivity index (χ1n) is 5.60. The van der Waals surface area contributed by atoms with Gasteiger partial charge in [-0.1, -0.05) is 0 Å². The normalized spacial score (nSPS) is 11.4. The van der Waals surface area contributed by atoms with Crippen LogP contribution in [-0.2, 0) is 4.79 Å². The van der Waals surface area contributed by atoms with Crippen LogP contribution >= 0.6 is 0 Å². The quantitative estimate of drug-likeness (QED) is 0.875. The summed E-state index contributed by atoms with van der Waals surface area (Å²) in [6.07, 6.45) is 1.01. The molecule has 0 saturated carbocycles. The van der Waals surface area contributed by atoms with Gasteiger partial charge >= 0.3 is 0 Å². The molecule has 4 heteroatoms. The molecule has 0 unspecified atom stereocenters. The van der Waals surface area contributed by atoms with Crippen molar-refractivity contribution in [1.82, 2.24) is 0 Å². The molecule has 0 fully saturated rings. The fraction of sp³-hybridized carbons (Fsp3) is 0.462. The number of nitrogens with zero attached hydrogens (tertiary/aromatic N) is 1. The number of rotatable bonds is 4. The Bertz CT molecular complexity index is 381. The minimum atomic E-state index is -0.348. The molecule has 0 saturated heterocycles. The number of carbonyl (C=O) groups is 1. The fourth-order valence-electron chi connectivity index (χ4n) is 1.41. The van der Waals surface area contributed by atoms with Crippen LogP contribution in [0.3, 0.4) is 0 Å². The van der Waals surface area contributed by atoms with Crippen molar-refractivity contribution in [3.8, 4) is 0 Å². The fourth-order valence-corrected chi connectivity index (χ4v) is 1.41. The number of nitrogens with two attached hydrogens (primary N) is 1. The van der Waals surface area contributed by atoms with Gasteiger partial charge in [0.2, 0.25) is 5.91 Å². The lowest BCUT2D eigenvalue weighted by Gasteiger charge is -2.21. The van der Waals surface area contributed by atoms with Crippen LogP contribution in [0, 0.1) is 5.82 Å². The molecule has 1 aromatic rings. The van der Waals surface area contributed by atoms with Gasteiger partial charge in [-0.05, 0) is 44.5 Å². The predicted octanol–water partition coefficient (Wildman–Crippen LogP) is 2.31. The van der Waals surface area contributed by atoms with Crippen LogP contribution in [0.1, 0.15) is 26.7 Å². The highest BCUT2D eigenvalue weighted by Crippen LogP contribution is 2.16. The highest BCUT2D eigenvalue weighted by atomic mass is 19.1. The van der Waals surface area contributed by atoms with E-state index in [0.717, 1.165) is 0 Å². The number of halogens is 1. The largest absolute Gasteiger partial charge is 0.326 e. The van der Waals surface area contributed by atoms with E-state index in [1.807, 2.05) is 13.8 Å². The molecular weight excluding hydrogens is 219 g/mol. The third-order valence-corrected chi connectivity index (χ3v) is 2.57. The number of hydrogen-bond acceptors (Lipinski definition) is 2. The summed E-state index contributed by atoms with van der Waals surface area (Å²) in [4.78, 5) is 13.4. The summed E-state index contributed by atoms with van der Waals surface area (Å²) >= 11 is 0. The first kappa shape index (κ1) is 13.6. The van der Waals surface area contributed by atoms with E-state index in [9.17, 15) is 9.18 Å². The summed E-state index contributed by atoms with van der Waals surface area (Å²) < 4.78 is 12.7. The summed E-state index contributed by atoms with van der Waals surface area (Å²) in [6.45, 7) is 3.77. The monoisotopic (exact) mass is 238 g/mol. The number of carbonyl (C=O) groups excluding carboxylic acids is 1. The van der Waals surface area contributed by atoms with E-state index < -0.39 is 0 Å². The Morgan fingerprint density at radius 2 is 1.88 bits per heavy atom. The molecule has 0 aromatic heterocycles. The lowest BCUT2D eigenvalue weighted by molar-refractivity contribution is -0.118. The first-order valence-corrected chi connectivity index (χ1v) is 5.60. The predicted molar refractivity (Wildman–Crippen MR) is 67.3 cm³/mol. The SMILES string of the molecule is CN(C(=O)CCC(C)(C)N)c1ccc(F)cc1. The van der Waals surface area contributed by atoms with Crippen molar-refractivity contribution >= 4 is 11.6 Å². The van der Waals surface area contributed by atoms with E-state index in [2.05, 4.69) is 0 Å².